The van der Waals surface area contributed by atoms with Gasteiger partial charge in [-0.25, -0.2) is 19.9 Å². The number of aromatic nitrogens is 6. The fourth-order valence-corrected chi connectivity index (χ4v) is 8.04. The number of pyridine rings is 2. The van der Waals surface area contributed by atoms with Crippen LogP contribution in [-0.2, 0) is 20.4 Å². The van der Waals surface area contributed by atoms with Crippen molar-refractivity contribution >= 4 is 28.6 Å². The molecule has 53 heavy (non-hydrogen) atoms. The summed E-state index contributed by atoms with van der Waals surface area (Å²) in [5.74, 6) is 0.864. The number of carbonyl (C=O) groups is 1. The second-order valence-corrected chi connectivity index (χ2v) is 14.9. The minimum Gasteiger partial charge on any atom is -0.466 e. The van der Waals surface area contributed by atoms with E-state index in [9.17, 15) is 18.0 Å². The highest BCUT2D eigenvalue weighted by Gasteiger charge is 2.40. The van der Waals surface area contributed by atoms with Gasteiger partial charge in [0, 0.05) is 76.0 Å². The van der Waals surface area contributed by atoms with Gasteiger partial charge in [0.05, 0.1) is 54.7 Å². The predicted octanol–water partition coefficient (Wildman–Crippen LogP) is 6.48. The van der Waals surface area contributed by atoms with Crippen LogP contribution < -0.4 is 9.80 Å². The Balaban J connectivity index is 1.18. The van der Waals surface area contributed by atoms with Crippen molar-refractivity contribution in [1.29, 1.82) is 0 Å². The van der Waals surface area contributed by atoms with Crippen LogP contribution in [0, 0.1) is 5.41 Å². The Hall–Kier alpha value is -4.37. The van der Waals surface area contributed by atoms with Crippen molar-refractivity contribution in [2.75, 3.05) is 69.9 Å². The second-order valence-electron chi connectivity index (χ2n) is 14.9. The SMILES string of the molecule is CCOC(=O)CCN1CCN(c2cnc(-c3nc4nc(-c5cnc(C6CC6)c(C(F)(F)F)c5)cc(N(C)CC5(COC)CCCC5)c4[nH]3)cn2)C[C@@H]1C. The Labute approximate surface area is 307 Å². The maximum atomic E-state index is 14.3. The number of carbonyl (C=O) groups excluding carboxylic acids is 1. The largest absolute Gasteiger partial charge is 0.466 e. The fourth-order valence-electron chi connectivity index (χ4n) is 8.04. The van der Waals surface area contributed by atoms with Gasteiger partial charge in [-0.2, -0.15) is 13.2 Å². The third-order valence-electron chi connectivity index (χ3n) is 10.9. The molecule has 2 saturated carbocycles. The number of ether oxygens (including phenoxy) is 2. The lowest BCUT2D eigenvalue weighted by Crippen LogP contribution is -2.52. The van der Waals surface area contributed by atoms with Gasteiger partial charge in [0.15, 0.2) is 11.5 Å². The number of H-pyrrole nitrogens is 1. The van der Waals surface area contributed by atoms with Gasteiger partial charge < -0.3 is 24.3 Å². The number of fused-ring (bicyclic) bond motifs is 1. The Morgan fingerprint density at radius 1 is 1.06 bits per heavy atom. The molecule has 0 amide bonds. The van der Waals surface area contributed by atoms with Crippen LogP contribution in [0.15, 0.2) is 30.7 Å². The molecule has 4 aromatic heterocycles. The number of halogens is 3. The number of alkyl halides is 3. The van der Waals surface area contributed by atoms with Crippen LogP contribution in [-0.4, -0.2) is 107 Å². The van der Waals surface area contributed by atoms with Gasteiger partial charge in [-0.3, -0.25) is 14.7 Å². The molecule has 0 unspecified atom stereocenters. The van der Waals surface area contributed by atoms with E-state index in [4.69, 9.17) is 29.4 Å². The van der Waals surface area contributed by atoms with Crippen LogP contribution in [0.25, 0.3) is 33.9 Å². The summed E-state index contributed by atoms with van der Waals surface area (Å²) in [5, 5.41) is 0. The van der Waals surface area contributed by atoms with Gasteiger partial charge in [0.25, 0.3) is 0 Å². The number of anilines is 2. The zero-order valence-electron chi connectivity index (χ0n) is 30.9. The minimum absolute atomic E-state index is 0.0375. The summed E-state index contributed by atoms with van der Waals surface area (Å²) in [4.78, 5) is 45.3. The number of imidazole rings is 1. The normalized spacial score (nSPS) is 19.2. The molecule has 3 aliphatic rings. The Kier molecular flexibility index (Phi) is 10.6. The van der Waals surface area contributed by atoms with Crippen LogP contribution in [0.4, 0.5) is 24.7 Å². The summed E-state index contributed by atoms with van der Waals surface area (Å²) in [6.07, 6.45) is 6.50. The second kappa shape index (κ2) is 15.2. The lowest BCUT2D eigenvalue weighted by molar-refractivity contribution is -0.143. The van der Waals surface area contributed by atoms with E-state index in [0.717, 1.165) is 56.8 Å². The first-order valence-electron chi connectivity index (χ1n) is 18.6. The molecule has 2 aliphatic carbocycles. The molecular weight excluding hydrogens is 687 g/mol. The van der Waals surface area contributed by atoms with Crippen molar-refractivity contribution in [2.45, 2.75) is 76.9 Å². The number of methoxy groups -OCH3 is 1. The Bertz CT molecular complexity index is 1910. The quantitative estimate of drug-likeness (QED) is 0.152. The van der Waals surface area contributed by atoms with Gasteiger partial charge in [0.2, 0.25) is 0 Å². The Morgan fingerprint density at radius 3 is 2.51 bits per heavy atom. The van der Waals surface area contributed by atoms with E-state index in [1.54, 1.807) is 19.5 Å². The van der Waals surface area contributed by atoms with Crippen LogP contribution in [0.5, 0.6) is 0 Å². The van der Waals surface area contributed by atoms with E-state index in [-0.39, 0.29) is 34.6 Å². The molecule has 284 valence electrons. The highest BCUT2D eigenvalue weighted by molar-refractivity contribution is 5.91. The van der Waals surface area contributed by atoms with E-state index >= 15 is 0 Å². The first-order valence-corrected chi connectivity index (χ1v) is 18.6. The van der Waals surface area contributed by atoms with Crippen molar-refractivity contribution in [3.63, 3.8) is 0 Å². The van der Waals surface area contributed by atoms with E-state index in [0.29, 0.717) is 73.9 Å². The molecule has 1 saturated heterocycles. The number of rotatable bonds is 13. The Morgan fingerprint density at radius 2 is 1.85 bits per heavy atom. The number of nitrogens with zero attached hydrogens (tertiary/aromatic N) is 8. The molecule has 1 N–H and O–H groups in total. The summed E-state index contributed by atoms with van der Waals surface area (Å²) in [5.41, 5.74) is 2.33. The van der Waals surface area contributed by atoms with Crippen LogP contribution in [0.3, 0.4) is 0 Å². The summed E-state index contributed by atoms with van der Waals surface area (Å²) >= 11 is 0. The molecule has 4 aromatic rings. The summed E-state index contributed by atoms with van der Waals surface area (Å²) in [7, 11) is 3.72. The van der Waals surface area contributed by atoms with E-state index in [1.807, 2.05) is 20.0 Å². The predicted molar refractivity (Wildman–Crippen MR) is 196 cm³/mol. The molecule has 15 heteroatoms. The van der Waals surface area contributed by atoms with Crippen molar-refractivity contribution < 1.29 is 27.4 Å². The minimum atomic E-state index is -4.53. The van der Waals surface area contributed by atoms with Crippen LogP contribution >= 0.6 is 0 Å². The standard InChI is InChI=1S/C38H48F3N9O3/c1-5-53-32(51)10-13-49-14-15-50(21-24(49)2)31-20-42-29(19-43-31)35-46-34-30(48(3)22-37(23-52-4)11-6-7-12-37)17-28(45-36(34)47-35)26-16-27(38(39,40)41)33(44-18-26)25-8-9-25/h16-20,24-25H,5-15,21-23H2,1-4H3,(H,45,46,47)/t24-/m0/s1. The van der Waals surface area contributed by atoms with Gasteiger partial charge in [-0.15, -0.1) is 0 Å². The smallest absolute Gasteiger partial charge is 0.418 e. The lowest BCUT2D eigenvalue weighted by atomic mass is 9.86. The van der Waals surface area contributed by atoms with Crippen molar-refractivity contribution in [3.8, 4) is 22.8 Å². The highest BCUT2D eigenvalue weighted by Crippen LogP contribution is 2.46. The molecule has 1 atom stereocenters. The summed E-state index contributed by atoms with van der Waals surface area (Å²) < 4.78 is 53.5. The third kappa shape index (κ3) is 8.10. The van der Waals surface area contributed by atoms with Gasteiger partial charge in [0.1, 0.15) is 17.0 Å². The van der Waals surface area contributed by atoms with Crippen LogP contribution in [0.2, 0.25) is 0 Å². The number of aromatic amines is 1. The molecule has 0 radical (unpaired) electrons. The third-order valence-corrected chi connectivity index (χ3v) is 10.9. The monoisotopic (exact) mass is 735 g/mol. The van der Waals surface area contributed by atoms with E-state index in [1.165, 1.54) is 12.3 Å². The molecule has 0 aromatic carbocycles. The zero-order valence-corrected chi connectivity index (χ0v) is 30.9. The summed E-state index contributed by atoms with van der Waals surface area (Å²) in [6, 6.07) is 3.22. The molecule has 7 rings (SSSR count). The molecule has 5 heterocycles. The maximum absolute atomic E-state index is 14.3. The van der Waals surface area contributed by atoms with Crippen LogP contribution in [0.1, 0.15) is 76.0 Å². The van der Waals surface area contributed by atoms with E-state index < -0.39 is 11.7 Å². The lowest BCUT2D eigenvalue weighted by Gasteiger charge is -2.40. The number of hydrogen-bond donors (Lipinski definition) is 1. The maximum Gasteiger partial charge on any atom is 0.418 e. The molecule has 0 spiro atoms. The molecule has 3 fully saturated rings. The van der Waals surface area contributed by atoms with Crippen molar-refractivity contribution in [2.24, 2.45) is 5.41 Å². The summed E-state index contributed by atoms with van der Waals surface area (Å²) in [6.45, 7) is 8.56. The topological polar surface area (TPSA) is 125 Å². The zero-order chi connectivity index (χ0) is 37.3. The fraction of sp³-hybridized carbons (Fsp3) is 0.579. The molecule has 0 bridgehead atoms. The van der Waals surface area contributed by atoms with Crippen molar-refractivity contribution in [3.05, 3.63) is 42.0 Å². The van der Waals surface area contributed by atoms with Gasteiger partial charge in [-0.1, -0.05) is 12.8 Å². The molecular formula is C38H48F3N9O3. The average Bonchev–Trinajstić information content (AvgIpc) is 3.74. The first-order chi connectivity index (χ1) is 25.5. The average molecular weight is 736 g/mol. The molecule has 1 aliphatic heterocycles. The number of nitrogens with one attached hydrogen (secondary N) is 1. The number of piperazine rings is 1. The van der Waals surface area contributed by atoms with Gasteiger partial charge in [-0.05, 0) is 51.7 Å². The van der Waals surface area contributed by atoms with Crippen molar-refractivity contribution in [1.82, 2.24) is 34.8 Å². The first kappa shape index (κ1) is 37.0. The van der Waals surface area contributed by atoms with Gasteiger partial charge >= 0.3 is 12.1 Å². The highest BCUT2D eigenvalue weighted by atomic mass is 19.4. The number of hydrogen-bond acceptors (Lipinski definition) is 11. The van der Waals surface area contributed by atoms with E-state index in [2.05, 4.69) is 31.6 Å². The number of esters is 1. The molecule has 12 nitrogen and oxygen atoms in total.